The molecule has 1 aliphatic carbocycles. The summed E-state index contributed by atoms with van der Waals surface area (Å²) in [5.74, 6) is -3.76. The molecule has 7 heteroatoms. The number of methoxy groups -OCH3 is 1. The van der Waals surface area contributed by atoms with E-state index < -0.39 is 35.8 Å². The highest BCUT2D eigenvalue weighted by Gasteiger charge is 2.44. The van der Waals surface area contributed by atoms with Crippen LogP contribution in [0.1, 0.15) is 6.92 Å². The second-order valence-corrected chi connectivity index (χ2v) is 4.39. The highest BCUT2D eigenvalue weighted by Crippen LogP contribution is 2.39. The van der Waals surface area contributed by atoms with Crippen LogP contribution in [0, 0.1) is 11.3 Å². The second kappa shape index (κ2) is 8.01. The van der Waals surface area contributed by atoms with Crippen molar-refractivity contribution in [3.8, 4) is 0 Å². The van der Waals surface area contributed by atoms with Gasteiger partial charge in [-0.1, -0.05) is 31.7 Å². The third-order valence-electron chi connectivity index (χ3n) is 3.06. The molecule has 3 N–H and O–H groups in total. The van der Waals surface area contributed by atoms with Crippen molar-refractivity contribution < 1.29 is 34.4 Å². The lowest BCUT2D eigenvalue weighted by atomic mass is 9.69. The molecule has 116 valence electrons. The molecule has 0 aromatic carbocycles. The van der Waals surface area contributed by atoms with Gasteiger partial charge in [0.15, 0.2) is 0 Å². The zero-order valence-corrected chi connectivity index (χ0v) is 11.8. The zero-order chi connectivity index (χ0) is 16.6. The Hall–Kier alpha value is -2.41. The fourth-order valence-electron chi connectivity index (χ4n) is 1.77. The third-order valence-corrected chi connectivity index (χ3v) is 3.06. The summed E-state index contributed by atoms with van der Waals surface area (Å²) in [6.45, 7) is 4.06. The summed E-state index contributed by atoms with van der Waals surface area (Å²) >= 11 is 0. The van der Waals surface area contributed by atoms with Gasteiger partial charge in [-0.3, -0.25) is 4.79 Å². The van der Waals surface area contributed by atoms with Crippen LogP contribution in [0.25, 0.3) is 0 Å². The molecular weight excluding hydrogens is 280 g/mol. The van der Waals surface area contributed by atoms with Crippen molar-refractivity contribution in [3.05, 3.63) is 36.5 Å². The summed E-state index contributed by atoms with van der Waals surface area (Å²) in [5, 5.41) is 27.0. The van der Waals surface area contributed by atoms with E-state index in [4.69, 9.17) is 10.2 Å². The molecular formula is C14H18O7. The minimum Gasteiger partial charge on any atom is -0.481 e. The van der Waals surface area contributed by atoms with Gasteiger partial charge in [0.1, 0.15) is 0 Å². The fraction of sp³-hybridized carbons (Fsp3) is 0.357. The van der Waals surface area contributed by atoms with Crippen LogP contribution in [0.15, 0.2) is 36.5 Å². The van der Waals surface area contributed by atoms with Gasteiger partial charge < -0.3 is 20.1 Å². The Bertz CT molecular complexity index is 490. The van der Waals surface area contributed by atoms with E-state index in [-0.39, 0.29) is 5.57 Å². The predicted molar refractivity (Wildman–Crippen MR) is 73.4 cm³/mol. The molecule has 2 unspecified atom stereocenters. The number of carboxylic acid groups (broad SMARTS) is 2. The number of aliphatic carboxylic acids is 2. The number of ether oxygens (including phenoxy) is 1. The standard InChI is InChI=1S/C10H12O5.C4H6O2/c1-10(5-11)6(8(12)13)3-2-4-7(10)9(14)15;1-3-4(5)6-2/h2-4,6,11H,5H2,1H3,(H,12,13)(H,14,15);3H,1H2,2H3. The van der Waals surface area contributed by atoms with E-state index >= 15 is 0 Å². The van der Waals surface area contributed by atoms with Gasteiger partial charge in [-0.05, 0) is 0 Å². The minimum absolute atomic E-state index is 0.0834. The van der Waals surface area contributed by atoms with E-state index in [1.165, 1.54) is 32.3 Å². The van der Waals surface area contributed by atoms with E-state index in [1.54, 1.807) is 0 Å². The molecule has 0 aliphatic heterocycles. The zero-order valence-electron chi connectivity index (χ0n) is 11.8. The Labute approximate surface area is 121 Å². The van der Waals surface area contributed by atoms with E-state index in [1.807, 2.05) is 0 Å². The molecule has 0 aromatic heterocycles. The van der Waals surface area contributed by atoms with Gasteiger partial charge in [0.2, 0.25) is 0 Å². The Morgan fingerprint density at radius 3 is 2.29 bits per heavy atom. The number of carbonyl (C=O) groups excluding carboxylic acids is 1. The molecule has 0 saturated carbocycles. The molecule has 0 bridgehead atoms. The first-order chi connectivity index (χ1) is 9.74. The van der Waals surface area contributed by atoms with Crippen LogP contribution in [0.3, 0.4) is 0 Å². The van der Waals surface area contributed by atoms with Gasteiger partial charge in [-0.15, -0.1) is 0 Å². The van der Waals surface area contributed by atoms with Crippen LogP contribution in [0.2, 0.25) is 0 Å². The molecule has 0 saturated heterocycles. The predicted octanol–water partition coefficient (Wildman–Crippen LogP) is 0.612. The van der Waals surface area contributed by atoms with E-state index in [0.717, 1.165) is 6.08 Å². The summed E-state index contributed by atoms with van der Waals surface area (Å²) < 4.78 is 4.14. The van der Waals surface area contributed by atoms with Gasteiger partial charge in [-0.2, -0.15) is 0 Å². The fourth-order valence-corrected chi connectivity index (χ4v) is 1.77. The number of carboxylic acids is 2. The SMILES string of the molecule is C=CC(=O)OC.CC1(CO)C(C(=O)O)=CC=CC1C(=O)O. The van der Waals surface area contributed by atoms with Crippen LogP contribution < -0.4 is 0 Å². The number of hydrogen-bond donors (Lipinski definition) is 3. The molecule has 1 rings (SSSR count). The molecule has 2 atom stereocenters. The molecule has 0 fully saturated rings. The Morgan fingerprint density at radius 2 is 2.00 bits per heavy atom. The van der Waals surface area contributed by atoms with Crippen LogP contribution in [0.5, 0.6) is 0 Å². The molecule has 0 heterocycles. The topological polar surface area (TPSA) is 121 Å². The number of rotatable bonds is 4. The van der Waals surface area contributed by atoms with Crippen molar-refractivity contribution in [1.29, 1.82) is 0 Å². The number of carbonyl (C=O) groups is 3. The Balaban J connectivity index is 0.000000567. The first kappa shape index (κ1) is 18.6. The summed E-state index contributed by atoms with van der Waals surface area (Å²) in [6, 6.07) is 0. The van der Waals surface area contributed by atoms with E-state index in [0.29, 0.717) is 0 Å². The number of allylic oxidation sites excluding steroid dienone is 2. The van der Waals surface area contributed by atoms with Crippen molar-refractivity contribution in [2.75, 3.05) is 13.7 Å². The number of aliphatic hydroxyl groups excluding tert-OH is 1. The van der Waals surface area contributed by atoms with E-state index in [9.17, 15) is 19.5 Å². The van der Waals surface area contributed by atoms with Crippen LogP contribution in [-0.2, 0) is 19.1 Å². The van der Waals surface area contributed by atoms with Crippen LogP contribution in [-0.4, -0.2) is 46.9 Å². The van der Waals surface area contributed by atoms with E-state index in [2.05, 4.69) is 11.3 Å². The van der Waals surface area contributed by atoms with Gasteiger partial charge >= 0.3 is 17.9 Å². The lowest BCUT2D eigenvalue weighted by molar-refractivity contribution is -0.145. The smallest absolute Gasteiger partial charge is 0.332 e. The van der Waals surface area contributed by atoms with Crippen LogP contribution >= 0.6 is 0 Å². The maximum absolute atomic E-state index is 10.9. The van der Waals surface area contributed by atoms with Gasteiger partial charge in [0, 0.05) is 17.1 Å². The van der Waals surface area contributed by atoms with Crippen molar-refractivity contribution in [3.63, 3.8) is 0 Å². The molecule has 0 aromatic rings. The molecule has 1 aliphatic rings. The molecule has 7 nitrogen and oxygen atoms in total. The maximum atomic E-state index is 10.9. The van der Waals surface area contributed by atoms with Crippen molar-refractivity contribution in [1.82, 2.24) is 0 Å². The largest absolute Gasteiger partial charge is 0.481 e. The van der Waals surface area contributed by atoms with Crippen molar-refractivity contribution in [2.45, 2.75) is 6.92 Å². The first-order valence-corrected chi connectivity index (χ1v) is 5.90. The minimum atomic E-state index is -1.27. The monoisotopic (exact) mass is 298 g/mol. The average Bonchev–Trinajstić information content (AvgIpc) is 2.46. The van der Waals surface area contributed by atoms with Crippen molar-refractivity contribution in [2.24, 2.45) is 11.3 Å². The quantitative estimate of drug-likeness (QED) is 0.513. The molecule has 0 radical (unpaired) electrons. The lowest BCUT2D eigenvalue weighted by Gasteiger charge is -2.34. The Kier molecular flexibility index (Phi) is 7.09. The molecule has 21 heavy (non-hydrogen) atoms. The highest BCUT2D eigenvalue weighted by atomic mass is 16.5. The average molecular weight is 298 g/mol. The molecule has 0 spiro atoms. The highest BCUT2D eigenvalue weighted by molar-refractivity contribution is 5.91. The summed E-state index contributed by atoms with van der Waals surface area (Å²) in [4.78, 5) is 31.6. The Morgan fingerprint density at radius 1 is 1.43 bits per heavy atom. The molecule has 0 amide bonds. The second-order valence-electron chi connectivity index (χ2n) is 4.39. The van der Waals surface area contributed by atoms with Crippen LogP contribution in [0.4, 0.5) is 0 Å². The lowest BCUT2D eigenvalue weighted by Crippen LogP contribution is -2.40. The summed E-state index contributed by atoms with van der Waals surface area (Å²) in [7, 11) is 1.31. The first-order valence-electron chi connectivity index (χ1n) is 5.90. The van der Waals surface area contributed by atoms with Gasteiger partial charge in [0.05, 0.1) is 19.6 Å². The van der Waals surface area contributed by atoms with Gasteiger partial charge in [0.25, 0.3) is 0 Å². The number of aliphatic hydroxyl groups is 1. The summed E-state index contributed by atoms with van der Waals surface area (Å²) in [5.41, 5.74) is -1.35. The number of hydrogen-bond acceptors (Lipinski definition) is 5. The third kappa shape index (κ3) is 4.57. The number of esters is 1. The van der Waals surface area contributed by atoms with Gasteiger partial charge in [-0.25, -0.2) is 9.59 Å². The maximum Gasteiger partial charge on any atom is 0.332 e. The normalized spacial score (nSPS) is 23.2. The summed E-state index contributed by atoms with van der Waals surface area (Å²) in [6.07, 6.45) is 5.20. The van der Waals surface area contributed by atoms with Crippen molar-refractivity contribution >= 4 is 17.9 Å².